The molecule has 1 amide bonds. The summed E-state index contributed by atoms with van der Waals surface area (Å²) in [7, 11) is 0. The number of hydrogen-bond acceptors (Lipinski definition) is 3. The number of rotatable bonds is 4. The normalized spacial score (nSPS) is 23.4. The number of halogens is 2. The van der Waals surface area contributed by atoms with E-state index in [1.165, 1.54) is 12.1 Å². The van der Waals surface area contributed by atoms with Gasteiger partial charge in [-0.25, -0.2) is 4.39 Å². The van der Waals surface area contributed by atoms with Gasteiger partial charge in [0.1, 0.15) is 11.6 Å². The van der Waals surface area contributed by atoms with Crippen LogP contribution in [0.15, 0.2) is 18.2 Å². The summed E-state index contributed by atoms with van der Waals surface area (Å²) in [5, 5.41) is 3.09. The molecule has 0 spiro atoms. The first-order chi connectivity index (χ1) is 9.95. The average Bonchev–Trinajstić information content (AvgIpc) is 2.41. The quantitative estimate of drug-likeness (QED) is 0.929. The van der Waals surface area contributed by atoms with E-state index in [1.807, 2.05) is 6.92 Å². The molecule has 4 nitrogen and oxygen atoms in total. The van der Waals surface area contributed by atoms with E-state index < -0.39 is 11.9 Å². The molecule has 0 unspecified atom stereocenters. The Kier molecular flexibility index (Phi) is 5.42. The first-order valence-electron chi connectivity index (χ1n) is 6.99. The van der Waals surface area contributed by atoms with E-state index in [9.17, 15) is 9.18 Å². The zero-order valence-corrected chi connectivity index (χ0v) is 12.8. The monoisotopic (exact) mass is 315 g/mol. The van der Waals surface area contributed by atoms with Crippen molar-refractivity contribution in [1.82, 2.24) is 5.32 Å². The van der Waals surface area contributed by atoms with E-state index in [4.69, 9.17) is 21.1 Å². The second-order valence-corrected chi connectivity index (χ2v) is 5.65. The summed E-state index contributed by atoms with van der Waals surface area (Å²) in [5.74, 6) is -0.365. The van der Waals surface area contributed by atoms with Crippen LogP contribution in [0.5, 0.6) is 5.75 Å². The third kappa shape index (κ3) is 4.58. The van der Waals surface area contributed by atoms with Crippen LogP contribution in [0, 0.1) is 5.82 Å². The van der Waals surface area contributed by atoms with Gasteiger partial charge in [-0.05, 0) is 44.9 Å². The first-order valence-corrected chi connectivity index (χ1v) is 7.37. The third-order valence-electron chi connectivity index (χ3n) is 3.40. The zero-order valence-electron chi connectivity index (χ0n) is 12.1. The lowest BCUT2D eigenvalue weighted by atomic mass is 10.0. The van der Waals surface area contributed by atoms with E-state index in [-0.39, 0.29) is 23.1 Å². The molecule has 1 aromatic carbocycles. The number of carbonyl (C=O) groups is 1. The second-order valence-electron chi connectivity index (χ2n) is 5.25. The Morgan fingerprint density at radius 2 is 2.33 bits per heavy atom. The summed E-state index contributed by atoms with van der Waals surface area (Å²) >= 11 is 5.88. The lowest BCUT2D eigenvalue weighted by Gasteiger charge is -2.29. The Balaban J connectivity index is 1.90. The fraction of sp³-hybridized carbons (Fsp3) is 0.533. The molecule has 0 aromatic heterocycles. The fourth-order valence-electron chi connectivity index (χ4n) is 2.26. The molecular weight excluding hydrogens is 297 g/mol. The van der Waals surface area contributed by atoms with Gasteiger partial charge in [-0.2, -0.15) is 0 Å². The molecule has 1 N–H and O–H groups in total. The number of hydrogen-bond donors (Lipinski definition) is 1. The van der Waals surface area contributed by atoms with Gasteiger partial charge < -0.3 is 14.8 Å². The average molecular weight is 316 g/mol. The van der Waals surface area contributed by atoms with Gasteiger partial charge >= 0.3 is 0 Å². The number of ether oxygens (including phenoxy) is 2. The van der Waals surface area contributed by atoms with Gasteiger partial charge in [0.05, 0.1) is 11.1 Å². The number of benzene rings is 1. The van der Waals surface area contributed by atoms with E-state index in [0.717, 1.165) is 18.9 Å². The van der Waals surface area contributed by atoms with Gasteiger partial charge in [-0.3, -0.25) is 4.79 Å². The van der Waals surface area contributed by atoms with Crippen molar-refractivity contribution in [2.45, 2.75) is 44.9 Å². The Morgan fingerprint density at radius 1 is 1.57 bits per heavy atom. The smallest absolute Gasteiger partial charge is 0.260 e. The van der Waals surface area contributed by atoms with Crippen molar-refractivity contribution in [2.75, 3.05) is 6.61 Å². The predicted octanol–water partition coefficient (Wildman–Crippen LogP) is 2.93. The van der Waals surface area contributed by atoms with Crippen LogP contribution in [0.3, 0.4) is 0 Å². The van der Waals surface area contributed by atoms with Crippen LogP contribution < -0.4 is 10.1 Å². The first kappa shape index (κ1) is 16.0. The summed E-state index contributed by atoms with van der Waals surface area (Å²) in [6.07, 6.45) is 1.02. The Hall–Kier alpha value is -1.33. The highest BCUT2D eigenvalue weighted by molar-refractivity contribution is 6.32. The second kappa shape index (κ2) is 7.09. The largest absolute Gasteiger partial charge is 0.479 e. The number of nitrogens with one attached hydrogen (secondary N) is 1. The summed E-state index contributed by atoms with van der Waals surface area (Å²) < 4.78 is 23.9. The molecule has 1 saturated heterocycles. The molecule has 6 heteroatoms. The van der Waals surface area contributed by atoms with Crippen molar-refractivity contribution in [3.05, 3.63) is 29.0 Å². The van der Waals surface area contributed by atoms with Gasteiger partial charge in [0.25, 0.3) is 5.91 Å². The minimum atomic E-state index is -0.703. The van der Waals surface area contributed by atoms with Crippen LogP contribution in [-0.2, 0) is 9.53 Å². The minimum absolute atomic E-state index is 0.0935. The van der Waals surface area contributed by atoms with Crippen molar-refractivity contribution in [3.8, 4) is 5.75 Å². The van der Waals surface area contributed by atoms with E-state index in [1.54, 1.807) is 6.92 Å². The molecule has 0 aliphatic carbocycles. The van der Waals surface area contributed by atoms with Crippen molar-refractivity contribution in [3.63, 3.8) is 0 Å². The van der Waals surface area contributed by atoms with E-state index in [0.29, 0.717) is 12.4 Å². The molecule has 1 heterocycles. The minimum Gasteiger partial charge on any atom is -0.479 e. The van der Waals surface area contributed by atoms with Crippen molar-refractivity contribution >= 4 is 17.5 Å². The van der Waals surface area contributed by atoms with Crippen LogP contribution in [0.25, 0.3) is 0 Å². The highest BCUT2D eigenvalue weighted by Crippen LogP contribution is 2.26. The lowest BCUT2D eigenvalue weighted by molar-refractivity contribution is -0.128. The lowest BCUT2D eigenvalue weighted by Crippen LogP contribution is -2.46. The van der Waals surface area contributed by atoms with Gasteiger partial charge in [-0.15, -0.1) is 0 Å². The summed E-state index contributed by atoms with van der Waals surface area (Å²) in [6.45, 7) is 4.26. The highest BCUT2D eigenvalue weighted by Gasteiger charge is 2.24. The van der Waals surface area contributed by atoms with Crippen molar-refractivity contribution in [2.24, 2.45) is 0 Å². The van der Waals surface area contributed by atoms with Crippen molar-refractivity contribution < 1.29 is 18.7 Å². The number of carbonyl (C=O) groups excluding carboxylic acids is 1. The molecule has 116 valence electrons. The molecule has 21 heavy (non-hydrogen) atoms. The maximum atomic E-state index is 13.0. The molecule has 0 saturated carbocycles. The topological polar surface area (TPSA) is 47.6 Å². The maximum absolute atomic E-state index is 13.0. The highest BCUT2D eigenvalue weighted by atomic mass is 35.5. The third-order valence-corrected chi connectivity index (χ3v) is 3.69. The van der Waals surface area contributed by atoms with Crippen LogP contribution in [0.1, 0.15) is 26.7 Å². The van der Waals surface area contributed by atoms with E-state index in [2.05, 4.69) is 5.32 Å². The number of amides is 1. The van der Waals surface area contributed by atoms with Crippen LogP contribution in [0.4, 0.5) is 4.39 Å². The maximum Gasteiger partial charge on any atom is 0.260 e. The van der Waals surface area contributed by atoms with Gasteiger partial charge in [0, 0.05) is 12.6 Å². The molecular formula is C15H19ClFNO3. The summed E-state index contributed by atoms with van der Waals surface area (Å²) in [4.78, 5) is 12.1. The Labute approximate surface area is 128 Å². The SMILES string of the molecule is C[C@@H]1C[C@H](NC(=O)[C@@H](C)Oc2ccc(F)cc2Cl)CCO1. The summed E-state index contributed by atoms with van der Waals surface area (Å²) in [6, 6.07) is 3.90. The summed E-state index contributed by atoms with van der Waals surface area (Å²) in [5.41, 5.74) is 0. The van der Waals surface area contributed by atoms with Crippen LogP contribution >= 0.6 is 11.6 Å². The predicted molar refractivity (Wildman–Crippen MR) is 78.1 cm³/mol. The molecule has 0 bridgehead atoms. The van der Waals surface area contributed by atoms with Crippen LogP contribution in [0.2, 0.25) is 5.02 Å². The molecule has 1 fully saturated rings. The standard InChI is InChI=1S/C15H19ClFNO3/c1-9-7-12(5-6-20-9)18-15(19)10(2)21-14-4-3-11(17)8-13(14)16/h3-4,8-10,12H,5-7H2,1-2H3,(H,18,19)/t9-,10-,12-/m1/s1. The molecule has 2 rings (SSSR count). The molecule has 1 aromatic rings. The molecule has 0 radical (unpaired) electrons. The Morgan fingerprint density at radius 3 is 3.00 bits per heavy atom. The fourth-order valence-corrected chi connectivity index (χ4v) is 2.47. The molecule has 3 atom stereocenters. The van der Waals surface area contributed by atoms with Crippen LogP contribution in [-0.4, -0.2) is 30.8 Å². The van der Waals surface area contributed by atoms with Gasteiger partial charge in [-0.1, -0.05) is 11.6 Å². The van der Waals surface area contributed by atoms with Gasteiger partial charge in [0.2, 0.25) is 0 Å². The van der Waals surface area contributed by atoms with E-state index >= 15 is 0 Å². The van der Waals surface area contributed by atoms with Gasteiger partial charge in [0.15, 0.2) is 6.10 Å². The van der Waals surface area contributed by atoms with Crippen molar-refractivity contribution in [1.29, 1.82) is 0 Å². The Bertz CT molecular complexity index is 512. The zero-order chi connectivity index (χ0) is 15.4. The molecule has 1 aliphatic rings. The molecule has 1 aliphatic heterocycles.